The summed E-state index contributed by atoms with van der Waals surface area (Å²) in [5.41, 5.74) is -0.779. The van der Waals surface area contributed by atoms with Crippen LogP contribution in [0.3, 0.4) is 0 Å². The minimum absolute atomic E-state index is 0.00832. The molecule has 1 aromatic heterocycles. The Bertz CT molecular complexity index is 850. The van der Waals surface area contributed by atoms with Gasteiger partial charge in [0.15, 0.2) is 0 Å². The largest absolute Gasteiger partial charge is 0.416 e. The molecule has 0 bridgehead atoms. The smallest absolute Gasteiger partial charge is 0.353 e. The molecule has 29 heavy (non-hydrogen) atoms. The highest BCUT2D eigenvalue weighted by molar-refractivity contribution is 5.93. The lowest BCUT2D eigenvalue weighted by Crippen LogP contribution is -2.49. The summed E-state index contributed by atoms with van der Waals surface area (Å²) < 4.78 is 38.2. The van der Waals surface area contributed by atoms with Crippen molar-refractivity contribution in [2.24, 2.45) is 0 Å². The molecule has 1 fully saturated rings. The normalized spacial score (nSPS) is 14.6. The van der Waals surface area contributed by atoms with Crippen molar-refractivity contribution in [3.63, 3.8) is 0 Å². The number of amides is 2. The van der Waals surface area contributed by atoms with Crippen molar-refractivity contribution in [3.8, 4) is 0 Å². The van der Waals surface area contributed by atoms with E-state index in [2.05, 4.69) is 15.2 Å². The second kappa shape index (κ2) is 8.93. The van der Waals surface area contributed by atoms with Crippen LogP contribution in [0.5, 0.6) is 0 Å². The molecule has 6 nitrogen and oxygen atoms in total. The highest BCUT2D eigenvalue weighted by Crippen LogP contribution is 2.30. The van der Waals surface area contributed by atoms with Crippen LogP contribution in [-0.2, 0) is 15.8 Å². The third-order valence-electron chi connectivity index (χ3n) is 4.65. The van der Waals surface area contributed by atoms with Gasteiger partial charge in [-0.1, -0.05) is 12.1 Å². The summed E-state index contributed by atoms with van der Waals surface area (Å²) in [5, 5.41) is 2.42. The molecule has 1 aliphatic rings. The monoisotopic (exact) mass is 406 g/mol. The molecular weight excluding hydrogens is 385 g/mol. The first-order valence-electron chi connectivity index (χ1n) is 9.24. The minimum Gasteiger partial charge on any atom is -0.353 e. The number of benzene rings is 1. The zero-order valence-corrected chi connectivity index (χ0v) is 15.7. The van der Waals surface area contributed by atoms with Crippen LogP contribution in [-0.4, -0.2) is 47.9 Å². The van der Waals surface area contributed by atoms with E-state index in [1.54, 1.807) is 11.1 Å². The molecule has 1 saturated heterocycles. The van der Waals surface area contributed by atoms with Gasteiger partial charge >= 0.3 is 6.18 Å². The van der Waals surface area contributed by atoms with Gasteiger partial charge in [-0.2, -0.15) is 13.2 Å². The Labute approximate surface area is 166 Å². The van der Waals surface area contributed by atoms with Crippen LogP contribution in [0.2, 0.25) is 0 Å². The fourth-order valence-electron chi connectivity index (χ4n) is 3.10. The molecule has 0 atom stereocenters. The van der Waals surface area contributed by atoms with E-state index in [1.165, 1.54) is 12.1 Å². The number of anilines is 2. The van der Waals surface area contributed by atoms with E-state index in [-0.39, 0.29) is 24.4 Å². The van der Waals surface area contributed by atoms with Crippen molar-refractivity contribution in [3.05, 3.63) is 54.2 Å². The van der Waals surface area contributed by atoms with Gasteiger partial charge in [-0.3, -0.25) is 9.59 Å². The number of hydrogen-bond acceptors (Lipinski definition) is 4. The molecule has 2 aromatic rings. The van der Waals surface area contributed by atoms with Crippen molar-refractivity contribution in [2.45, 2.75) is 19.0 Å². The molecule has 1 aliphatic heterocycles. The van der Waals surface area contributed by atoms with Gasteiger partial charge < -0.3 is 15.1 Å². The molecule has 3 rings (SSSR count). The van der Waals surface area contributed by atoms with E-state index in [1.807, 2.05) is 18.2 Å². The van der Waals surface area contributed by atoms with Gasteiger partial charge in [-0.15, -0.1) is 0 Å². The quantitative estimate of drug-likeness (QED) is 0.829. The van der Waals surface area contributed by atoms with Crippen LogP contribution >= 0.6 is 0 Å². The molecule has 0 unspecified atom stereocenters. The number of piperazine rings is 1. The van der Waals surface area contributed by atoms with Gasteiger partial charge in [0.1, 0.15) is 5.82 Å². The highest BCUT2D eigenvalue weighted by atomic mass is 19.4. The maximum Gasteiger partial charge on any atom is 0.416 e. The standard InChI is InChI=1S/C20H21F3N4O2/c21-20(22,23)15-4-3-5-16(14-15)25-18(28)7-8-19(29)27-12-10-26(11-13-27)17-6-1-2-9-24-17/h1-6,9,14H,7-8,10-13H2,(H,25,28). The number of hydrogen-bond donors (Lipinski definition) is 1. The maximum atomic E-state index is 12.7. The van der Waals surface area contributed by atoms with Crippen LogP contribution in [0, 0.1) is 0 Å². The molecule has 2 heterocycles. The first-order valence-corrected chi connectivity index (χ1v) is 9.24. The molecule has 0 radical (unpaired) electrons. The van der Waals surface area contributed by atoms with E-state index in [0.717, 1.165) is 18.0 Å². The Balaban J connectivity index is 1.44. The minimum atomic E-state index is -4.48. The second-order valence-electron chi connectivity index (χ2n) is 6.68. The van der Waals surface area contributed by atoms with Gasteiger partial charge in [-0.05, 0) is 30.3 Å². The number of nitrogens with zero attached hydrogens (tertiary/aromatic N) is 3. The fourth-order valence-corrected chi connectivity index (χ4v) is 3.10. The average molecular weight is 406 g/mol. The zero-order chi connectivity index (χ0) is 20.9. The number of aromatic nitrogens is 1. The Morgan fingerprint density at radius 3 is 2.41 bits per heavy atom. The number of carbonyl (C=O) groups excluding carboxylic acids is 2. The SMILES string of the molecule is O=C(CCC(=O)N1CCN(c2ccccn2)CC1)Nc1cccc(C(F)(F)F)c1. The molecule has 1 N–H and O–H groups in total. The summed E-state index contributed by atoms with van der Waals surface area (Å²) in [4.78, 5) is 32.4. The number of nitrogens with one attached hydrogen (secondary N) is 1. The van der Waals surface area contributed by atoms with E-state index < -0.39 is 17.6 Å². The Hall–Kier alpha value is -3.10. The number of rotatable bonds is 5. The number of halogens is 3. The lowest BCUT2D eigenvalue weighted by Gasteiger charge is -2.35. The molecule has 0 aliphatic carbocycles. The van der Waals surface area contributed by atoms with Gasteiger partial charge in [-0.25, -0.2) is 4.98 Å². The molecule has 2 amide bonds. The predicted molar refractivity (Wildman–Crippen MR) is 102 cm³/mol. The predicted octanol–water partition coefficient (Wildman–Crippen LogP) is 3.17. The molecule has 154 valence electrons. The van der Waals surface area contributed by atoms with E-state index in [9.17, 15) is 22.8 Å². The molecule has 0 saturated carbocycles. The molecular formula is C20H21F3N4O2. The van der Waals surface area contributed by atoms with Crippen molar-refractivity contribution in [1.29, 1.82) is 0 Å². The van der Waals surface area contributed by atoms with Crippen LogP contribution in [0.25, 0.3) is 0 Å². The van der Waals surface area contributed by atoms with Gasteiger partial charge in [0.2, 0.25) is 11.8 Å². The summed E-state index contributed by atoms with van der Waals surface area (Å²) in [5.74, 6) is 0.217. The van der Waals surface area contributed by atoms with E-state index in [4.69, 9.17) is 0 Å². The highest BCUT2D eigenvalue weighted by Gasteiger charge is 2.30. The van der Waals surface area contributed by atoms with Crippen molar-refractivity contribution in [1.82, 2.24) is 9.88 Å². The summed E-state index contributed by atoms with van der Waals surface area (Å²) >= 11 is 0. The first kappa shape index (κ1) is 20.6. The fraction of sp³-hybridized carbons (Fsp3) is 0.350. The molecule has 0 spiro atoms. The van der Waals surface area contributed by atoms with Crippen LogP contribution < -0.4 is 10.2 Å². The number of pyridine rings is 1. The summed E-state index contributed by atoms with van der Waals surface area (Å²) in [7, 11) is 0. The summed E-state index contributed by atoms with van der Waals surface area (Å²) in [6.45, 7) is 2.37. The van der Waals surface area contributed by atoms with E-state index in [0.29, 0.717) is 26.2 Å². The van der Waals surface area contributed by atoms with Crippen molar-refractivity contribution >= 4 is 23.3 Å². The molecule has 9 heteroatoms. The van der Waals surface area contributed by atoms with Gasteiger partial charge in [0.05, 0.1) is 5.56 Å². The number of carbonyl (C=O) groups is 2. The average Bonchev–Trinajstić information content (AvgIpc) is 2.72. The summed E-state index contributed by atoms with van der Waals surface area (Å²) in [6.07, 6.45) is -2.84. The second-order valence-corrected chi connectivity index (χ2v) is 6.68. The lowest BCUT2D eigenvalue weighted by atomic mass is 10.2. The van der Waals surface area contributed by atoms with Crippen LogP contribution in [0.1, 0.15) is 18.4 Å². The number of alkyl halides is 3. The van der Waals surface area contributed by atoms with E-state index >= 15 is 0 Å². The Morgan fingerprint density at radius 1 is 1.00 bits per heavy atom. The topological polar surface area (TPSA) is 65.5 Å². The van der Waals surface area contributed by atoms with Gasteiger partial charge in [0, 0.05) is 50.9 Å². The lowest BCUT2D eigenvalue weighted by molar-refractivity contribution is -0.137. The Kier molecular flexibility index (Phi) is 6.36. The third kappa shape index (κ3) is 5.69. The van der Waals surface area contributed by atoms with Crippen LogP contribution in [0.4, 0.5) is 24.7 Å². The Morgan fingerprint density at radius 2 is 1.76 bits per heavy atom. The zero-order valence-electron chi connectivity index (χ0n) is 15.7. The van der Waals surface area contributed by atoms with Gasteiger partial charge in [0.25, 0.3) is 0 Å². The van der Waals surface area contributed by atoms with Crippen LogP contribution in [0.15, 0.2) is 48.7 Å². The van der Waals surface area contributed by atoms with Crippen molar-refractivity contribution < 1.29 is 22.8 Å². The van der Waals surface area contributed by atoms with Crippen molar-refractivity contribution in [2.75, 3.05) is 36.4 Å². The maximum absolute atomic E-state index is 12.7. The third-order valence-corrected chi connectivity index (χ3v) is 4.65. The summed E-state index contributed by atoms with van der Waals surface area (Å²) in [6, 6.07) is 10.1. The molecule has 1 aromatic carbocycles. The first-order chi connectivity index (χ1) is 13.8.